The normalized spacial score (nSPS) is 19.0. The van der Waals surface area contributed by atoms with Crippen LogP contribution in [0.25, 0.3) is 11.3 Å². The molecule has 0 aromatic carbocycles. The molecule has 1 saturated carbocycles. The molecule has 4 heterocycles. The topological polar surface area (TPSA) is 164 Å². The highest BCUT2D eigenvalue weighted by Crippen LogP contribution is 2.59. The van der Waals surface area contributed by atoms with Crippen LogP contribution in [0.5, 0.6) is 0 Å². The lowest BCUT2D eigenvalue weighted by Gasteiger charge is -2.19. The summed E-state index contributed by atoms with van der Waals surface area (Å²) in [5.41, 5.74) is 1.07. The Morgan fingerprint density at radius 1 is 1.14 bits per heavy atom. The molecule has 2 fully saturated rings. The summed E-state index contributed by atoms with van der Waals surface area (Å²) in [6.07, 6.45) is 5.96. The van der Waals surface area contributed by atoms with Gasteiger partial charge in [0, 0.05) is 50.2 Å². The smallest absolute Gasteiger partial charge is 0.333 e. The minimum atomic E-state index is -2.58. The Labute approximate surface area is 238 Å². The maximum atomic E-state index is 13.5. The highest BCUT2D eigenvalue weighted by Gasteiger charge is 2.72. The van der Waals surface area contributed by atoms with Crippen LogP contribution in [0.2, 0.25) is 0 Å². The van der Waals surface area contributed by atoms with Crippen LogP contribution in [0.3, 0.4) is 0 Å². The van der Waals surface area contributed by atoms with Crippen LogP contribution in [0.1, 0.15) is 19.4 Å². The second kappa shape index (κ2) is 10.8. The second-order valence-electron chi connectivity index (χ2n) is 10.4. The van der Waals surface area contributed by atoms with Crippen molar-refractivity contribution in [3.05, 3.63) is 62.3 Å². The van der Waals surface area contributed by atoms with E-state index in [1.807, 2.05) is 0 Å². The molecule has 2 atom stereocenters. The van der Waals surface area contributed by atoms with Crippen LogP contribution in [0.4, 0.5) is 26.4 Å². The SMILES string of the molecule is C/C(CNc1c(C)c(=O)n(CC#N)c(=O)n1C)=C(\C)C(=O)Nc1cncc(-c2cnc(N3CC4C(C3)C4(F)F)nc2)n1. The van der Waals surface area contributed by atoms with E-state index in [1.54, 1.807) is 31.7 Å². The van der Waals surface area contributed by atoms with Gasteiger partial charge in [-0.2, -0.15) is 5.26 Å². The van der Waals surface area contributed by atoms with Gasteiger partial charge < -0.3 is 15.5 Å². The molecule has 1 aliphatic heterocycles. The molecular formula is C27H28F2N10O3. The van der Waals surface area contributed by atoms with E-state index in [0.29, 0.717) is 28.4 Å². The van der Waals surface area contributed by atoms with Crippen LogP contribution in [0.15, 0.2) is 45.5 Å². The molecule has 3 aromatic rings. The zero-order valence-corrected chi connectivity index (χ0v) is 23.4. The van der Waals surface area contributed by atoms with Crippen molar-refractivity contribution in [1.29, 1.82) is 5.26 Å². The molecule has 5 rings (SSSR count). The summed E-state index contributed by atoms with van der Waals surface area (Å²) in [6.45, 7) is 5.19. The predicted molar refractivity (Wildman–Crippen MR) is 149 cm³/mol. The first-order chi connectivity index (χ1) is 19.9. The van der Waals surface area contributed by atoms with Crippen molar-refractivity contribution in [3.63, 3.8) is 0 Å². The van der Waals surface area contributed by atoms with Crippen LogP contribution in [-0.2, 0) is 18.4 Å². The summed E-state index contributed by atoms with van der Waals surface area (Å²) in [5.74, 6) is -3.40. The number of carbonyl (C=O) groups excluding carboxylic acids is 1. The first-order valence-corrected chi connectivity index (χ1v) is 13.1. The molecular weight excluding hydrogens is 550 g/mol. The molecule has 2 N–H and O–H groups in total. The van der Waals surface area contributed by atoms with Gasteiger partial charge in [-0.1, -0.05) is 0 Å². The van der Waals surface area contributed by atoms with Gasteiger partial charge in [0.2, 0.25) is 5.95 Å². The Morgan fingerprint density at radius 3 is 2.45 bits per heavy atom. The van der Waals surface area contributed by atoms with Crippen molar-refractivity contribution in [2.45, 2.75) is 33.2 Å². The molecule has 15 heteroatoms. The lowest BCUT2D eigenvalue weighted by Crippen LogP contribution is -2.41. The molecule has 13 nitrogen and oxygen atoms in total. The summed E-state index contributed by atoms with van der Waals surface area (Å²) in [7, 11) is 1.49. The van der Waals surface area contributed by atoms with Crippen LogP contribution < -0.4 is 26.8 Å². The first kappa shape index (κ1) is 28.5. The summed E-state index contributed by atoms with van der Waals surface area (Å²) in [5, 5.41) is 14.7. The Bertz CT molecular complexity index is 1710. The van der Waals surface area contributed by atoms with E-state index >= 15 is 0 Å². The Morgan fingerprint density at radius 2 is 1.81 bits per heavy atom. The third kappa shape index (κ3) is 5.11. The number of nitrogens with zero attached hydrogens (tertiary/aromatic N) is 8. The van der Waals surface area contributed by atoms with E-state index < -0.39 is 34.9 Å². The second-order valence-corrected chi connectivity index (χ2v) is 10.4. The molecule has 1 saturated heterocycles. The average Bonchev–Trinajstić information content (AvgIpc) is 3.28. The predicted octanol–water partition coefficient (Wildman–Crippen LogP) is 1.71. The fraction of sp³-hybridized carbons (Fsp3) is 0.407. The number of carbonyl (C=O) groups is 1. The van der Waals surface area contributed by atoms with Crippen molar-refractivity contribution >= 4 is 23.5 Å². The van der Waals surface area contributed by atoms with Gasteiger partial charge in [0.1, 0.15) is 12.4 Å². The minimum Gasteiger partial charge on any atom is -0.367 e. The first-order valence-electron chi connectivity index (χ1n) is 13.1. The molecule has 2 unspecified atom stereocenters. The maximum Gasteiger partial charge on any atom is 0.333 e. The third-order valence-corrected chi connectivity index (χ3v) is 7.80. The number of aromatic nitrogens is 6. The Balaban J connectivity index is 1.24. The standard InChI is InChI=1S/C27H28F2N10O3/c1-14(7-32-22-16(3)24(41)39(6-5-30)26(42)37(22)4)15(2)23(40)36-21-11-31-10-20(35-21)17-8-33-25(34-9-17)38-12-18-19(13-38)27(18,28)29/h8-11,18-19,32H,6-7,12-13H2,1-4H3,(H,35,36,40)/b15-14-. The van der Waals surface area contributed by atoms with E-state index in [0.717, 1.165) is 4.57 Å². The lowest BCUT2D eigenvalue weighted by molar-refractivity contribution is -0.112. The number of nitrogens with one attached hydrogen (secondary N) is 2. The molecule has 42 heavy (non-hydrogen) atoms. The third-order valence-electron chi connectivity index (χ3n) is 7.80. The van der Waals surface area contributed by atoms with Gasteiger partial charge in [-0.25, -0.2) is 33.1 Å². The molecule has 218 valence electrons. The van der Waals surface area contributed by atoms with Gasteiger partial charge in [-0.05, 0) is 26.3 Å². The van der Waals surface area contributed by atoms with E-state index in [4.69, 9.17) is 5.26 Å². The number of nitriles is 1. The molecule has 0 bridgehead atoms. The molecule has 0 radical (unpaired) electrons. The number of piperidine rings is 1. The Kier molecular flexibility index (Phi) is 7.31. The molecule has 1 aliphatic carbocycles. The summed E-state index contributed by atoms with van der Waals surface area (Å²) >= 11 is 0. The highest BCUT2D eigenvalue weighted by molar-refractivity contribution is 6.03. The van der Waals surface area contributed by atoms with Gasteiger partial charge in [-0.3, -0.25) is 19.1 Å². The van der Waals surface area contributed by atoms with Gasteiger partial charge in [0.15, 0.2) is 5.82 Å². The largest absolute Gasteiger partial charge is 0.367 e. The van der Waals surface area contributed by atoms with E-state index in [-0.39, 0.29) is 43.4 Å². The van der Waals surface area contributed by atoms with Crippen LogP contribution in [0, 0.1) is 30.1 Å². The van der Waals surface area contributed by atoms with Crippen molar-refractivity contribution in [3.8, 4) is 17.3 Å². The zero-order valence-electron chi connectivity index (χ0n) is 23.4. The number of fused-ring (bicyclic) bond motifs is 1. The number of rotatable bonds is 8. The van der Waals surface area contributed by atoms with E-state index in [2.05, 4.69) is 30.6 Å². The monoisotopic (exact) mass is 578 g/mol. The van der Waals surface area contributed by atoms with Crippen molar-refractivity contribution in [2.75, 3.05) is 35.2 Å². The minimum absolute atomic E-state index is 0.167. The van der Waals surface area contributed by atoms with E-state index in [1.165, 1.54) is 36.4 Å². The lowest BCUT2D eigenvalue weighted by atomic mass is 10.1. The number of hydrogen-bond donors (Lipinski definition) is 2. The summed E-state index contributed by atoms with van der Waals surface area (Å²) in [4.78, 5) is 56.9. The van der Waals surface area contributed by atoms with Gasteiger partial charge in [0.25, 0.3) is 17.4 Å². The number of halogens is 2. The molecule has 1 amide bonds. The van der Waals surface area contributed by atoms with Crippen LogP contribution >= 0.6 is 0 Å². The van der Waals surface area contributed by atoms with Crippen molar-refractivity contribution < 1.29 is 13.6 Å². The fourth-order valence-corrected chi connectivity index (χ4v) is 4.99. The molecule has 2 aliphatic rings. The maximum absolute atomic E-state index is 13.5. The molecule has 0 spiro atoms. The van der Waals surface area contributed by atoms with Gasteiger partial charge >= 0.3 is 5.69 Å². The number of hydrogen-bond acceptors (Lipinski definition) is 10. The van der Waals surface area contributed by atoms with Crippen molar-refractivity contribution in [1.82, 2.24) is 29.1 Å². The van der Waals surface area contributed by atoms with Crippen molar-refractivity contribution in [2.24, 2.45) is 18.9 Å². The zero-order chi connectivity index (χ0) is 30.3. The molecule has 3 aromatic heterocycles. The number of anilines is 3. The van der Waals surface area contributed by atoms with Gasteiger partial charge in [-0.15, -0.1) is 0 Å². The Hall–Kier alpha value is -5.00. The summed E-state index contributed by atoms with van der Waals surface area (Å²) in [6, 6.07) is 1.81. The fourth-order valence-electron chi connectivity index (χ4n) is 4.99. The average molecular weight is 579 g/mol. The number of alkyl halides is 2. The van der Waals surface area contributed by atoms with Gasteiger partial charge in [0.05, 0.1) is 41.6 Å². The van der Waals surface area contributed by atoms with E-state index in [9.17, 15) is 23.2 Å². The summed E-state index contributed by atoms with van der Waals surface area (Å²) < 4.78 is 29.1. The highest BCUT2D eigenvalue weighted by atomic mass is 19.3. The number of amides is 1. The van der Waals surface area contributed by atoms with Crippen LogP contribution in [-0.4, -0.2) is 60.5 Å². The quantitative estimate of drug-likeness (QED) is 0.376.